The van der Waals surface area contributed by atoms with Crippen LogP contribution in [-0.4, -0.2) is 45.8 Å². The number of nitrogens with zero attached hydrogens (tertiary/aromatic N) is 3. The van der Waals surface area contributed by atoms with Gasteiger partial charge in [0.25, 0.3) is 0 Å². The Hall–Kier alpha value is -3.63. The molecule has 4 rings (SSSR count). The van der Waals surface area contributed by atoms with Crippen molar-refractivity contribution in [2.45, 2.75) is 51.2 Å². The number of alkyl halides is 3. The third-order valence-electron chi connectivity index (χ3n) is 6.40. The monoisotopic (exact) mass is 502 g/mol. The summed E-state index contributed by atoms with van der Waals surface area (Å²) in [5.41, 5.74) is -0.446. The number of piperidine rings is 1. The number of hydrogen-bond donors (Lipinski definition) is 3. The Bertz CT molecular complexity index is 1130. The van der Waals surface area contributed by atoms with Gasteiger partial charge in [0.2, 0.25) is 17.8 Å². The lowest BCUT2D eigenvalue weighted by molar-refractivity contribution is -0.137. The van der Waals surface area contributed by atoms with Gasteiger partial charge in [0.1, 0.15) is 11.4 Å². The first-order valence-electron chi connectivity index (χ1n) is 12.0. The van der Waals surface area contributed by atoms with Crippen LogP contribution in [0.3, 0.4) is 0 Å². The summed E-state index contributed by atoms with van der Waals surface area (Å²) in [5.74, 6) is -0.433. The maximum atomic E-state index is 13.7. The van der Waals surface area contributed by atoms with Gasteiger partial charge in [0.15, 0.2) is 0 Å². The van der Waals surface area contributed by atoms with Gasteiger partial charge in [-0.25, -0.2) is 4.98 Å². The predicted molar refractivity (Wildman–Crippen MR) is 131 cm³/mol. The molecule has 2 heterocycles. The molecule has 3 N–H and O–H groups in total. The van der Waals surface area contributed by atoms with Crippen molar-refractivity contribution < 1.29 is 22.8 Å². The number of carbonyl (C=O) groups excluding carboxylic acids is 2. The van der Waals surface area contributed by atoms with Crippen LogP contribution in [0.25, 0.3) is 0 Å². The van der Waals surface area contributed by atoms with Crippen LogP contribution in [0, 0.1) is 5.92 Å². The van der Waals surface area contributed by atoms with E-state index >= 15 is 0 Å². The average molecular weight is 503 g/mol. The summed E-state index contributed by atoms with van der Waals surface area (Å²) < 4.78 is 41.2. The number of anilines is 4. The SMILES string of the molecule is CC(=O)N1CCC[C@H](Nc2ncc(C(F)(F)F)c(Nc3ccccc3NC(=O)/C=C/C3CCC3)n2)C1. The van der Waals surface area contributed by atoms with Crippen LogP contribution in [0.1, 0.15) is 44.6 Å². The molecule has 2 aromatic rings. The molecule has 0 radical (unpaired) electrons. The summed E-state index contributed by atoms with van der Waals surface area (Å²) in [5, 5.41) is 8.51. The minimum atomic E-state index is -4.69. The van der Waals surface area contributed by atoms with Crippen molar-refractivity contribution in [2.75, 3.05) is 29.0 Å². The second-order valence-corrected chi connectivity index (χ2v) is 9.11. The number of hydrogen-bond acceptors (Lipinski definition) is 6. The van der Waals surface area contributed by atoms with Gasteiger partial charge in [-0.05, 0) is 49.8 Å². The molecule has 2 aliphatic rings. The van der Waals surface area contributed by atoms with E-state index in [9.17, 15) is 22.8 Å². The quantitative estimate of drug-likeness (QED) is 0.463. The van der Waals surface area contributed by atoms with Crippen molar-refractivity contribution in [1.29, 1.82) is 0 Å². The first-order chi connectivity index (χ1) is 17.2. The first-order valence-corrected chi connectivity index (χ1v) is 12.0. The Morgan fingerprint density at radius 1 is 1.11 bits per heavy atom. The number of amides is 2. The van der Waals surface area contributed by atoms with Crippen LogP contribution in [0.2, 0.25) is 0 Å². The fraction of sp³-hybridized carbons (Fsp3) is 0.440. The minimum Gasteiger partial charge on any atom is -0.350 e. The Morgan fingerprint density at radius 2 is 1.86 bits per heavy atom. The number of rotatable bonds is 7. The van der Waals surface area contributed by atoms with E-state index in [1.54, 1.807) is 29.2 Å². The number of aromatic nitrogens is 2. The third-order valence-corrected chi connectivity index (χ3v) is 6.40. The highest BCUT2D eigenvalue weighted by Gasteiger charge is 2.36. The standard InChI is InChI=1S/C25H29F3N6O2/c1-16(35)34-13-5-8-18(15-34)30-24-29-14-19(25(26,27)28)23(33-24)32-21-10-3-2-9-20(21)31-22(36)12-11-17-6-4-7-17/h2-3,9-12,14,17-18H,4-8,13,15H2,1H3,(H,31,36)(H2,29,30,32,33)/b12-11+/t18-/m0/s1. The smallest absolute Gasteiger partial charge is 0.350 e. The molecule has 8 nitrogen and oxygen atoms in total. The Kier molecular flexibility index (Phi) is 7.76. The lowest BCUT2D eigenvalue weighted by Crippen LogP contribution is -2.44. The number of carbonyl (C=O) groups is 2. The summed E-state index contributed by atoms with van der Waals surface area (Å²) in [6.07, 6.45) is 4.12. The molecule has 0 spiro atoms. The molecule has 2 fully saturated rings. The summed E-state index contributed by atoms with van der Waals surface area (Å²) >= 11 is 0. The van der Waals surface area contributed by atoms with Gasteiger partial charge in [-0.3, -0.25) is 9.59 Å². The van der Waals surface area contributed by atoms with Crippen LogP contribution in [0.4, 0.5) is 36.3 Å². The number of para-hydroxylation sites is 2. The summed E-state index contributed by atoms with van der Waals surface area (Å²) in [6.45, 7) is 2.55. The molecule has 2 amide bonds. The second-order valence-electron chi connectivity index (χ2n) is 9.11. The maximum Gasteiger partial charge on any atom is 0.421 e. The van der Waals surface area contributed by atoms with Gasteiger partial charge in [-0.1, -0.05) is 24.6 Å². The average Bonchev–Trinajstić information content (AvgIpc) is 2.79. The zero-order valence-corrected chi connectivity index (χ0v) is 19.9. The molecule has 11 heteroatoms. The molecular weight excluding hydrogens is 473 g/mol. The normalized spacial score (nSPS) is 18.6. The van der Waals surface area contributed by atoms with E-state index in [4.69, 9.17) is 0 Å². The molecule has 1 atom stereocenters. The molecule has 0 bridgehead atoms. The maximum absolute atomic E-state index is 13.7. The van der Waals surface area contributed by atoms with Crippen LogP contribution in [0.5, 0.6) is 0 Å². The summed E-state index contributed by atoms with van der Waals surface area (Å²) in [7, 11) is 0. The topological polar surface area (TPSA) is 99.3 Å². The first kappa shape index (κ1) is 25.5. The summed E-state index contributed by atoms with van der Waals surface area (Å²) in [4.78, 5) is 33.7. The van der Waals surface area contributed by atoms with Crippen molar-refractivity contribution in [3.63, 3.8) is 0 Å². The van der Waals surface area contributed by atoms with Crippen LogP contribution >= 0.6 is 0 Å². The van der Waals surface area contributed by atoms with E-state index in [0.29, 0.717) is 24.7 Å². The second kappa shape index (κ2) is 11.0. The lowest BCUT2D eigenvalue weighted by atomic mass is 9.85. The molecule has 1 aromatic carbocycles. The lowest BCUT2D eigenvalue weighted by Gasteiger charge is -2.32. The van der Waals surface area contributed by atoms with Gasteiger partial charge in [-0.15, -0.1) is 0 Å². The molecule has 1 aromatic heterocycles. The van der Waals surface area contributed by atoms with Crippen LogP contribution < -0.4 is 16.0 Å². The van der Waals surface area contributed by atoms with E-state index < -0.39 is 17.6 Å². The van der Waals surface area contributed by atoms with Gasteiger partial charge in [-0.2, -0.15) is 18.2 Å². The minimum absolute atomic E-state index is 0.0193. The van der Waals surface area contributed by atoms with Crippen molar-refractivity contribution in [1.82, 2.24) is 14.9 Å². The molecule has 1 saturated heterocycles. The highest BCUT2D eigenvalue weighted by atomic mass is 19.4. The Balaban J connectivity index is 1.54. The molecule has 192 valence electrons. The zero-order valence-electron chi connectivity index (χ0n) is 19.9. The van der Waals surface area contributed by atoms with Crippen LogP contribution in [-0.2, 0) is 15.8 Å². The molecule has 1 aliphatic carbocycles. The number of nitrogens with one attached hydrogen (secondary N) is 3. The van der Waals surface area contributed by atoms with E-state index in [1.807, 2.05) is 6.08 Å². The molecule has 36 heavy (non-hydrogen) atoms. The Morgan fingerprint density at radius 3 is 2.53 bits per heavy atom. The Labute approximate surface area is 207 Å². The molecule has 1 aliphatic heterocycles. The van der Waals surface area contributed by atoms with Crippen LogP contribution in [0.15, 0.2) is 42.6 Å². The van der Waals surface area contributed by atoms with Gasteiger partial charge in [0.05, 0.1) is 11.4 Å². The highest BCUT2D eigenvalue weighted by Crippen LogP contribution is 2.36. The number of benzene rings is 1. The van der Waals surface area contributed by atoms with Crippen molar-refractivity contribution in [3.8, 4) is 0 Å². The number of allylic oxidation sites excluding steroid dienone is 1. The third kappa shape index (κ3) is 6.52. The van der Waals surface area contributed by atoms with E-state index in [2.05, 4.69) is 25.9 Å². The highest BCUT2D eigenvalue weighted by molar-refractivity contribution is 6.01. The van der Waals surface area contributed by atoms with E-state index in [0.717, 1.165) is 38.3 Å². The van der Waals surface area contributed by atoms with Crippen molar-refractivity contribution in [3.05, 3.63) is 48.2 Å². The largest absolute Gasteiger partial charge is 0.421 e. The van der Waals surface area contributed by atoms with Gasteiger partial charge < -0.3 is 20.9 Å². The van der Waals surface area contributed by atoms with Gasteiger partial charge >= 0.3 is 6.18 Å². The fourth-order valence-electron chi connectivity index (χ4n) is 4.18. The zero-order chi connectivity index (χ0) is 25.7. The van der Waals surface area contributed by atoms with Crippen molar-refractivity contribution in [2.24, 2.45) is 5.92 Å². The number of halogens is 3. The van der Waals surface area contributed by atoms with E-state index in [1.165, 1.54) is 13.0 Å². The molecule has 0 unspecified atom stereocenters. The summed E-state index contributed by atoms with van der Waals surface area (Å²) in [6, 6.07) is 6.31. The van der Waals surface area contributed by atoms with Crippen molar-refractivity contribution >= 4 is 35.0 Å². The van der Waals surface area contributed by atoms with Gasteiger partial charge in [0, 0.05) is 32.3 Å². The fourth-order valence-corrected chi connectivity index (χ4v) is 4.18. The predicted octanol–water partition coefficient (Wildman–Crippen LogP) is 4.96. The number of likely N-dealkylation sites (tertiary alicyclic amines) is 1. The van der Waals surface area contributed by atoms with E-state index in [-0.39, 0.29) is 29.5 Å². The molecule has 1 saturated carbocycles. The molecular formula is C25H29F3N6O2.